The van der Waals surface area contributed by atoms with Crippen LogP contribution in [0.15, 0.2) is 72.8 Å². The Labute approximate surface area is 332 Å². The number of carbonyl (C=O) groups excluding carboxylic acids is 1. The summed E-state index contributed by atoms with van der Waals surface area (Å²) in [7, 11) is 2.00. The van der Waals surface area contributed by atoms with Gasteiger partial charge in [-0.2, -0.15) is 4.57 Å². The second kappa shape index (κ2) is 20.3. The van der Waals surface area contributed by atoms with Crippen LogP contribution in [-0.2, 0) is 32.3 Å². The fourth-order valence-electron chi connectivity index (χ4n) is 7.39. The average Bonchev–Trinajstić information content (AvgIpc) is 3.17. The number of pyridine rings is 1. The van der Waals surface area contributed by atoms with Crippen molar-refractivity contribution >= 4 is 63.9 Å². The van der Waals surface area contributed by atoms with Gasteiger partial charge in [-0.25, -0.2) is 0 Å². The normalized spacial score (nSPS) is 15.5. The monoisotopic (exact) mass is 786 g/mol. The smallest absolute Gasteiger partial charge is 0.480 e. The first kappa shape index (κ1) is 43.0. The average molecular weight is 787 g/mol. The van der Waals surface area contributed by atoms with Gasteiger partial charge in [-0.3, -0.25) is 38.8 Å². The molecule has 57 heavy (non-hydrogen) atoms. The Morgan fingerprint density at radius 2 is 1.11 bits per heavy atom. The molecule has 1 aliphatic heterocycles. The van der Waals surface area contributed by atoms with Crippen molar-refractivity contribution in [1.82, 2.24) is 24.5 Å². The summed E-state index contributed by atoms with van der Waals surface area (Å²) in [5.74, 6) is -3.23. The van der Waals surface area contributed by atoms with Crippen LogP contribution < -0.4 is 15.1 Å². The SMILES string of the molecule is CN(Cc1ccc2c(c1)c1ccccc1c(B(O)O)[n+]2CCN(C)c1ccccc1)C(=O)CN1CCN(CC(=O)O)CCN(CC(=O)O)CCN(CC(=O)O)CC1. The van der Waals surface area contributed by atoms with E-state index in [2.05, 4.69) is 4.90 Å². The lowest BCUT2D eigenvalue weighted by Gasteiger charge is -2.33. The topological polar surface area (TPSA) is 193 Å². The van der Waals surface area contributed by atoms with E-state index in [1.807, 2.05) is 89.3 Å². The van der Waals surface area contributed by atoms with Crippen molar-refractivity contribution in [3.05, 3.63) is 78.4 Å². The van der Waals surface area contributed by atoms with Crippen LogP contribution in [0.4, 0.5) is 5.69 Å². The maximum absolute atomic E-state index is 13.8. The fraction of sp³-hybridized carbons (Fsp3) is 0.425. The summed E-state index contributed by atoms with van der Waals surface area (Å²) >= 11 is 0. The predicted molar refractivity (Wildman–Crippen MR) is 216 cm³/mol. The quantitative estimate of drug-likeness (QED) is 0.0591. The number of amides is 1. The molecular weight excluding hydrogens is 733 g/mol. The zero-order valence-corrected chi connectivity index (χ0v) is 32.6. The summed E-state index contributed by atoms with van der Waals surface area (Å²) < 4.78 is 1.95. The number of para-hydroxylation sites is 1. The van der Waals surface area contributed by atoms with Gasteiger partial charge in [-0.15, -0.1) is 0 Å². The number of hydrogen-bond donors (Lipinski definition) is 5. The number of anilines is 1. The number of benzene rings is 3. The summed E-state index contributed by atoms with van der Waals surface area (Å²) in [5.41, 5.74) is 3.12. The second-order valence-electron chi connectivity index (χ2n) is 14.6. The maximum atomic E-state index is 13.8. The first-order valence-corrected chi connectivity index (χ1v) is 19.1. The van der Waals surface area contributed by atoms with Gasteiger partial charge in [-0.1, -0.05) is 42.5 Å². The second-order valence-corrected chi connectivity index (χ2v) is 14.6. The minimum atomic E-state index is -1.71. The van der Waals surface area contributed by atoms with Crippen LogP contribution in [0.1, 0.15) is 5.56 Å². The molecule has 0 spiro atoms. The first-order chi connectivity index (χ1) is 27.3. The maximum Gasteiger partial charge on any atom is 0.561 e. The lowest BCUT2D eigenvalue weighted by molar-refractivity contribution is -0.651. The molecule has 0 saturated carbocycles. The summed E-state index contributed by atoms with van der Waals surface area (Å²) in [6.07, 6.45) is 0. The number of aliphatic carboxylic acids is 3. The van der Waals surface area contributed by atoms with Crippen LogP contribution >= 0.6 is 0 Å². The zero-order chi connectivity index (χ0) is 41.1. The molecule has 304 valence electrons. The van der Waals surface area contributed by atoms with Crippen LogP contribution in [0.5, 0.6) is 0 Å². The molecule has 1 amide bonds. The molecule has 4 aromatic rings. The summed E-state index contributed by atoms with van der Waals surface area (Å²) in [4.78, 5) is 59.5. The van der Waals surface area contributed by atoms with E-state index < -0.39 is 25.0 Å². The van der Waals surface area contributed by atoms with Gasteiger partial charge in [0, 0.05) is 95.5 Å². The van der Waals surface area contributed by atoms with Gasteiger partial charge in [0.05, 0.1) is 38.1 Å². The van der Waals surface area contributed by atoms with Gasteiger partial charge in [0.25, 0.3) is 0 Å². The van der Waals surface area contributed by atoms with Gasteiger partial charge < -0.3 is 35.2 Å². The van der Waals surface area contributed by atoms with E-state index in [9.17, 15) is 44.5 Å². The number of fused-ring (bicyclic) bond motifs is 3. The van der Waals surface area contributed by atoms with Gasteiger partial charge in [0.15, 0.2) is 6.54 Å². The molecule has 5 rings (SSSR count). The Balaban J connectivity index is 1.36. The van der Waals surface area contributed by atoms with E-state index in [-0.39, 0.29) is 51.7 Å². The molecule has 16 nitrogen and oxygen atoms in total. The largest absolute Gasteiger partial charge is 0.561 e. The van der Waals surface area contributed by atoms with Crippen molar-refractivity contribution in [2.24, 2.45) is 0 Å². The fourth-order valence-corrected chi connectivity index (χ4v) is 7.39. The van der Waals surface area contributed by atoms with Crippen LogP contribution in [0, 0.1) is 0 Å². The highest BCUT2D eigenvalue weighted by Crippen LogP contribution is 2.24. The third kappa shape index (κ3) is 12.2. The van der Waals surface area contributed by atoms with E-state index in [0.29, 0.717) is 63.3 Å². The highest BCUT2D eigenvalue weighted by atomic mass is 16.4. The van der Waals surface area contributed by atoms with E-state index in [1.165, 1.54) is 0 Å². The van der Waals surface area contributed by atoms with Gasteiger partial charge in [0.2, 0.25) is 17.0 Å². The van der Waals surface area contributed by atoms with Crippen molar-refractivity contribution in [2.45, 2.75) is 13.1 Å². The number of rotatable bonds is 15. The highest BCUT2D eigenvalue weighted by Gasteiger charge is 2.31. The molecule has 17 heteroatoms. The molecule has 1 fully saturated rings. The molecule has 0 bridgehead atoms. The number of hydrogen-bond acceptors (Lipinski definition) is 11. The number of carbonyl (C=O) groups is 4. The molecule has 3 aromatic carbocycles. The number of nitrogens with zero attached hydrogens (tertiary/aromatic N) is 7. The molecule has 0 radical (unpaired) electrons. The lowest BCUT2D eigenvalue weighted by Crippen LogP contribution is -2.59. The van der Waals surface area contributed by atoms with Crippen molar-refractivity contribution in [1.29, 1.82) is 0 Å². The van der Waals surface area contributed by atoms with Crippen molar-refractivity contribution < 1.29 is 49.1 Å². The number of carboxylic acids is 3. The Morgan fingerprint density at radius 3 is 1.60 bits per heavy atom. The number of likely N-dealkylation sites (N-methyl/N-ethyl adjacent to an activating group) is 2. The van der Waals surface area contributed by atoms with E-state index in [1.54, 1.807) is 26.6 Å². The molecule has 5 N–H and O–H groups in total. The van der Waals surface area contributed by atoms with Crippen molar-refractivity contribution in [2.75, 3.05) is 104 Å². The Morgan fingerprint density at radius 1 is 0.632 bits per heavy atom. The van der Waals surface area contributed by atoms with Crippen molar-refractivity contribution in [3.8, 4) is 0 Å². The molecule has 0 unspecified atom stereocenters. The minimum Gasteiger partial charge on any atom is -0.480 e. The molecule has 1 saturated heterocycles. The summed E-state index contributed by atoms with van der Waals surface area (Å²) in [5, 5.41) is 52.3. The number of carboxylic acid groups (broad SMARTS) is 3. The van der Waals surface area contributed by atoms with Crippen LogP contribution in [0.25, 0.3) is 21.7 Å². The van der Waals surface area contributed by atoms with E-state index in [4.69, 9.17) is 0 Å². The summed E-state index contributed by atoms with van der Waals surface area (Å²) in [6.45, 7) is 3.11. The first-order valence-electron chi connectivity index (χ1n) is 19.1. The molecule has 0 aliphatic carbocycles. The van der Waals surface area contributed by atoms with Gasteiger partial charge in [-0.05, 0) is 29.8 Å². The van der Waals surface area contributed by atoms with Crippen molar-refractivity contribution in [3.63, 3.8) is 0 Å². The third-order valence-electron chi connectivity index (χ3n) is 10.4. The third-order valence-corrected chi connectivity index (χ3v) is 10.4. The Bertz CT molecular complexity index is 1990. The van der Waals surface area contributed by atoms with Crippen LogP contribution in [-0.4, -0.2) is 180 Å². The molecule has 2 heterocycles. The molecule has 1 aromatic heterocycles. The van der Waals surface area contributed by atoms with Crippen LogP contribution in [0.3, 0.4) is 0 Å². The minimum absolute atomic E-state index is 0.0205. The van der Waals surface area contributed by atoms with Crippen LogP contribution in [0.2, 0.25) is 0 Å². The molecule has 1 aliphatic rings. The predicted octanol–water partition coefficient (Wildman–Crippen LogP) is -0.469. The highest BCUT2D eigenvalue weighted by molar-refractivity contribution is 6.60. The molecular formula is C40H53BN7O9+. The zero-order valence-electron chi connectivity index (χ0n) is 32.6. The lowest BCUT2D eigenvalue weighted by atomic mass is 9.80. The summed E-state index contributed by atoms with van der Waals surface area (Å²) in [6, 6.07) is 23.5. The Kier molecular flexibility index (Phi) is 15.3. The Hall–Kier alpha value is -5.17. The number of aromatic nitrogens is 1. The standard InChI is InChI=1S/C40H52BN7O9/c1-42(31-8-4-3-5-9-31)14-23-48-35-13-12-30(24-34(35)32-10-6-7-11-33(32)40(48)41(56)57)25-43(2)36(49)26-44-15-17-45(27-37(50)51)19-21-47(29-39(54)55)22-20-46(18-16-44)28-38(52)53/h3-13,24,56-57H,14-23,25-29H2,1-2H3,(H2-,50,51,52,53,54,55)/p+1. The molecule has 0 atom stereocenters. The van der Waals surface area contributed by atoms with Gasteiger partial charge >= 0.3 is 25.0 Å². The van der Waals surface area contributed by atoms with E-state index in [0.717, 1.165) is 27.5 Å². The van der Waals surface area contributed by atoms with Gasteiger partial charge in [0.1, 0.15) is 0 Å². The van der Waals surface area contributed by atoms with E-state index >= 15 is 0 Å².